The summed E-state index contributed by atoms with van der Waals surface area (Å²) >= 11 is 0. The van der Waals surface area contributed by atoms with Gasteiger partial charge in [-0.05, 0) is 42.7 Å². The molecule has 0 radical (unpaired) electrons. The quantitative estimate of drug-likeness (QED) is 0.641. The lowest BCUT2D eigenvalue weighted by Crippen LogP contribution is -2.47. The standard InChI is InChI=1S/C23H30N2O4S/c1-24(17-19-13-15-21(29-2)16-14-19)23(26)18-25(20-9-5-3-6-10-20)30(27,28)22-11-7-4-8-12-22/h4,7-8,11-16,20H,3,5-6,9-10,17-18H2,1-2H3. The van der Waals surface area contributed by atoms with E-state index < -0.39 is 10.0 Å². The van der Waals surface area contributed by atoms with Crippen LogP contribution in [-0.4, -0.2) is 50.3 Å². The minimum atomic E-state index is -3.74. The van der Waals surface area contributed by atoms with Gasteiger partial charge in [0.05, 0.1) is 18.6 Å². The van der Waals surface area contributed by atoms with Crippen LogP contribution in [0.15, 0.2) is 59.5 Å². The van der Waals surface area contributed by atoms with Gasteiger partial charge in [0.25, 0.3) is 0 Å². The van der Waals surface area contributed by atoms with Gasteiger partial charge in [-0.2, -0.15) is 4.31 Å². The van der Waals surface area contributed by atoms with Crippen molar-refractivity contribution in [3.63, 3.8) is 0 Å². The first-order valence-corrected chi connectivity index (χ1v) is 11.8. The number of likely N-dealkylation sites (N-methyl/N-ethyl adjacent to an activating group) is 1. The molecule has 0 unspecified atom stereocenters. The summed E-state index contributed by atoms with van der Waals surface area (Å²) in [6, 6.07) is 15.8. The van der Waals surface area contributed by atoms with Crippen molar-refractivity contribution in [1.82, 2.24) is 9.21 Å². The van der Waals surface area contributed by atoms with Crippen molar-refractivity contribution in [2.45, 2.75) is 49.6 Å². The highest BCUT2D eigenvalue weighted by molar-refractivity contribution is 7.89. The Morgan fingerprint density at radius 2 is 1.63 bits per heavy atom. The summed E-state index contributed by atoms with van der Waals surface area (Å²) in [5.74, 6) is 0.543. The molecule has 1 amide bonds. The molecular weight excluding hydrogens is 400 g/mol. The predicted octanol–water partition coefficient (Wildman–Crippen LogP) is 3.68. The Labute approximate surface area is 179 Å². The summed E-state index contributed by atoms with van der Waals surface area (Å²) in [6.45, 7) is 0.265. The third-order valence-corrected chi connectivity index (χ3v) is 7.54. The lowest BCUT2D eigenvalue weighted by atomic mass is 9.95. The van der Waals surface area contributed by atoms with E-state index in [4.69, 9.17) is 4.74 Å². The maximum Gasteiger partial charge on any atom is 0.243 e. The van der Waals surface area contributed by atoms with Crippen LogP contribution in [-0.2, 0) is 21.4 Å². The third-order valence-electron chi connectivity index (χ3n) is 5.63. The fourth-order valence-electron chi connectivity index (χ4n) is 3.85. The van der Waals surface area contributed by atoms with Crippen molar-refractivity contribution >= 4 is 15.9 Å². The highest BCUT2D eigenvalue weighted by Gasteiger charge is 2.34. The van der Waals surface area contributed by atoms with E-state index in [9.17, 15) is 13.2 Å². The molecule has 1 saturated carbocycles. The van der Waals surface area contributed by atoms with Crippen LogP contribution in [0.5, 0.6) is 5.75 Å². The Morgan fingerprint density at radius 3 is 2.23 bits per heavy atom. The monoisotopic (exact) mass is 430 g/mol. The second kappa shape index (κ2) is 10.1. The topological polar surface area (TPSA) is 66.9 Å². The largest absolute Gasteiger partial charge is 0.497 e. The minimum Gasteiger partial charge on any atom is -0.497 e. The van der Waals surface area contributed by atoms with Gasteiger partial charge >= 0.3 is 0 Å². The SMILES string of the molecule is COc1ccc(CN(C)C(=O)CN(C2CCCCC2)S(=O)(=O)c2ccccc2)cc1. The first-order chi connectivity index (χ1) is 14.4. The summed E-state index contributed by atoms with van der Waals surface area (Å²) in [5, 5.41) is 0. The zero-order valence-electron chi connectivity index (χ0n) is 17.7. The van der Waals surface area contributed by atoms with Crippen LogP contribution in [0.1, 0.15) is 37.7 Å². The van der Waals surface area contributed by atoms with Gasteiger partial charge in [0.1, 0.15) is 5.75 Å². The molecule has 0 aromatic heterocycles. The van der Waals surface area contributed by atoms with Crippen LogP contribution >= 0.6 is 0 Å². The van der Waals surface area contributed by atoms with Crippen LogP contribution in [0.2, 0.25) is 0 Å². The van der Waals surface area contributed by atoms with E-state index >= 15 is 0 Å². The molecule has 3 rings (SSSR count). The van der Waals surface area contributed by atoms with E-state index in [1.165, 1.54) is 4.31 Å². The number of sulfonamides is 1. The summed E-state index contributed by atoms with van der Waals surface area (Å²) in [5.41, 5.74) is 0.960. The second-order valence-electron chi connectivity index (χ2n) is 7.75. The van der Waals surface area contributed by atoms with Crippen LogP contribution in [0.25, 0.3) is 0 Å². The van der Waals surface area contributed by atoms with E-state index in [1.54, 1.807) is 49.4 Å². The van der Waals surface area contributed by atoms with Crippen molar-refractivity contribution < 1.29 is 17.9 Å². The number of carbonyl (C=O) groups excluding carboxylic acids is 1. The van der Waals surface area contributed by atoms with Crippen molar-refractivity contribution in [1.29, 1.82) is 0 Å². The van der Waals surface area contributed by atoms with Crippen LogP contribution in [0.3, 0.4) is 0 Å². The molecule has 6 nitrogen and oxygen atoms in total. The van der Waals surface area contributed by atoms with Crippen molar-refractivity contribution in [2.24, 2.45) is 0 Å². The number of ether oxygens (including phenoxy) is 1. The number of methoxy groups -OCH3 is 1. The molecule has 0 spiro atoms. The molecule has 0 saturated heterocycles. The van der Waals surface area contributed by atoms with Crippen LogP contribution in [0, 0.1) is 0 Å². The number of nitrogens with zero attached hydrogens (tertiary/aromatic N) is 2. The summed E-state index contributed by atoms with van der Waals surface area (Å²) in [7, 11) is -0.424. The Balaban J connectivity index is 1.77. The molecule has 2 aromatic rings. The molecule has 162 valence electrons. The fourth-order valence-corrected chi connectivity index (χ4v) is 5.51. The minimum absolute atomic E-state index is 0.137. The van der Waals surface area contributed by atoms with E-state index in [1.807, 2.05) is 24.3 Å². The third kappa shape index (κ3) is 5.40. The number of amides is 1. The van der Waals surface area contributed by atoms with Gasteiger partial charge < -0.3 is 9.64 Å². The van der Waals surface area contributed by atoms with E-state index in [0.29, 0.717) is 6.54 Å². The maximum atomic E-state index is 13.4. The average molecular weight is 431 g/mol. The zero-order chi connectivity index (χ0) is 21.6. The molecule has 1 fully saturated rings. The number of carbonyl (C=O) groups is 1. The van der Waals surface area contributed by atoms with E-state index in [0.717, 1.165) is 43.4 Å². The average Bonchev–Trinajstić information content (AvgIpc) is 2.78. The van der Waals surface area contributed by atoms with Gasteiger partial charge in [0.15, 0.2) is 0 Å². The molecule has 2 aromatic carbocycles. The Morgan fingerprint density at radius 1 is 1.00 bits per heavy atom. The van der Waals surface area contributed by atoms with Gasteiger partial charge in [-0.25, -0.2) is 8.42 Å². The molecule has 1 aliphatic rings. The van der Waals surface area contributed by atoms with Crippen LogP contribution < -0.4 is 4.74 Å². The Hall–Kier alpha value is -2.38. The molecule has 7 heteroatoms. The van der Waals surface area contributed by atoms with E-state index in [-0.39, 0.29) is 23.4 Å². The van der Waals surface area contributed by atoms with Gasteiger partial charge in [0, 0.05) is 19.6 Å². The normalized spacial score (nSPS) is 15.2. The first kappa shape index (κ1) is 22.3. The van der Waals surface area contributed by atoms with Gasteiger partial charge in [-0.1, -0.05) is 49.6 Å². The molecule has 30 heavy (non-hydrogen) atoms. The highest BCUT2D eigenvalue weighted by atomic mass is 32.2. The molecule has 0 N–H and O–H groups in total. The Bertz CT molecular complexity index is 923. The molecule has 0 atom stereocenters. The summed E-state index contributed by atoms with van der Waals surface area (Å²) in [4.78, 5) is 14.8. The van der Waals surface area contributed by atoms with Crippen molar-refractivity contribution in [3.8, 4) is 5.75 Å². The molecule has 0 bridgehead atoms. The van der Waals surface area contributed by atoms with Crippen LogP contribution in [0.4, 0.5) is 0 Å². The molecular formula is C23H30N2O4S. The smallest absolute Gasteiger partial charge is 0.243 e. The predicted molar refractivity (Wildman–Crippen MR) is 117 cm³/mol. The van der Waals surface area contributed by atoms with Gasteiger partial charge in [-0.15, -0.1) is 0 Å². The highest BCUT2D eigenvalue weighted by Crippen LogP contribution is 2.28. The van der Waals surface area contributed by atoms with Gasteiger partial charge in [-0.3, -0.25) is 4.79 Å². The number of hydrogen-bond donors (Lipinski definition) is 0. The maximum absolute atomic E-state index is 13.4. The van der Waals surface area contributed by atoms with E-state index in [2.05, 4.69) is 0 Å². The first-order valence-electron chi connectivity index (χ1n) is 10.4. The molecule has 0 aliphatic heterocycles. The second-order valence-corrected chi connectivity index (χ2v) is 9.64. The molecule has 1 aliphatic carbocycles. The number of rotatable bonds is 8. The Kier molecular flexibility index (Phi) is 7.50. The van der Waals surface area contributed by atoms with Crippen molar-refractivity contribution in [3.05, 3.63) is 60.2 Å². The lowest BCUT2D eigenvalue weighted by Gasteiger charge is -2.34. The summed E-state index contributed by atoms with van der Waals surface area (Å²) < 4.78 is 33.3. The number of hydrogen-bond acceptors (Lipinski definition) is 4. The van der Waals surface area contributed by atoms with Gasteiger partial charge in [0.2, 0.25) is 15.9 Å². The van der Waals surface area contributed by atoms with Crippen molar-refractivity contribution in [2.75, 3.05) is 20.7 Å². The number of benzene rings is 2. The molecule has 0 heterocycles. The summed E-state index contributed by atoms with van der Waals surface area (Å²) in [6.07, 6.45) is 4.67. The lowest BCUT2D eigenvalue weighted by molar-refractivity contribution is -0.131. The zero-order valence-corrected chi connectivity index (χ0v) is 18.5. The fraction of sp³-hybridized carbons (Fsp3) is 0.435.